The molecule has 0 bridgehead atoms. The van der Waals surface area contributed by atoms with Crippen molar-refractivity contribution in [3.05, 3.63) is 108 Å². The standard InChI is InChI=1S/C33H33F3N2O6/c1-4-10-27(23-13-19-26(20-14-23)44-33(34,35)36)37-31(41)38-29(40)32(5-2,6-3)30(38)43-25-17-15-24(16-18-25)28(39)42-21-22-11-8-7-9-12-22/h4,7-9,11-20,27,30H,1,5-6,10,21H2,2-3H3,(H,37,41)/t27-,30+/m1/s1. The lowest BCUT2D eigenvalue weighted by Crippen LogP contribution is -2.73. The van der Waals surface area contributed by atoms with Gasteiger partial charge in [0.25, 0.3) is 0 Å². The van der Waals surface area contributed by atoms with Gasteiger partial charge < -0.3 is 19.5 Å². The Morgan fingerprint density at radius 1 is 0.977 bits per heavy atom. The zero-order valence-electron chi connectivity index (χ0n) is 24.3. The van der Waals surface area contributed by atoms with E-state index in [0.717, 1.165) is 22.6 Å². The van der Waals surface area contributed by atoms with Crippen LogP contribution in [0.3, 0.4) is 0 Å². The van der Waals surface area contributed by atoms with Gasteiger partial charge in [-0.3, -0.25) is 4.79 Å². The number of β-lactam (4-membered cyclic amide) rings is 1. The third-order valence-corrected chi connectivity index (χ3v) is 7.60. The maximum atomic E-state index is 13.4. The van der Waals surface area contributed by atoms with E-state index in [9.17, 15) is 27.6 Å². The van der Waals surface area contributed by atoms with Crippen molar-refractivity contribution < 1.29 is 41.8 Å². The van der Waals surface area contributed by atoms with E-state index in [1.165, 1.54) is 12.1 Å². The maximum absolute atomic E-state index is 13.4. The molecule has 1 heterocycles. The summed E-state index contributed by atoms with van der Waals surface area (Å²) in [5.41, 5.74) is 0.704. The van der Waals surface area contributed by atoms with Crippen molar-refractivity contribution >= 4 is 17.9 Å². The van der Waals surface area contributed by atoms with Gasteiger partial charge in [0.05, 0.1) is 11.6 Å². The molecular weight excluding hydrogens is 577 g/mol. The lowest BCUT2D eigenvalue weighted by Gasteiger charge is -2.53. The molecule has 8 nitrogen and oxygen atoms in total. The fraction of sp³-hybridized carbons (Fsp3) is 0.303. The summed E-state index contributed by atoms with van der Waals surface area (Å²) in [6, 6.07) is 19.2. The first-order chi connectivity index (χ1) is 21.0. The molecule has 0 aromatic heterocycles. The number of esters is 1. The Labute approximate surface area is 253 Å². The Morgan fingerprint density at radius 3 is 2.16 bits per heavy atom. The molecule has 1 saturated heterocycles. The predicted octanol–water partition coefficient (Wildman–Crippen LogP) is 7.32. The Balaban J connectivity index is 1.46. The summed E-state index contributed by atoms with van der Waals surface area (Å²) in [4.78, 5) is 40.3. The molecule has 232 valence electrons. The van der Waals surface area contributed by atoms with Gasteiger partial charge in [-0.15, -0.1) is 19.8 Å². The number of hydrogen-bond acceptors (Lipinski definition) is 6. The second kappa shape index (κ2) is 13.7. The highest BCUT2D eigenvalue weighted by atomic mass is 19.4. The number of amides is 3. The van der Waals surface area contributed by atoms with Crippen LogP contribution in [0.15, 0.2) is 91.5 Å². The van der Waals surface area contributed by atoms with Gasteiger partial charge >= 0.3 is 18.4 Å². The average molecular weight is 611 g/mol. The Bertz CT molecular complexity index is 1460. The minimum absolute atomic E-state index is 0.125. The van der Waals surface area contributed by atoms with E-state index in [-0.39, 0.29) is 13.0 Å². The van der Waals surface area contributed by atoms with E-state index in [4.69, 9.17) is 9.47 Å². The van der Waals surface area contributed by atoms with Crippen LogP contribution >= 0.6 is 0 Å². The first-order valence-corrected chi connectivity index (χ1v) is 14.1. The summed E-state index contributed by atoms with van der Waals surface area (Å²) in [6.45, 7) is 7.50. The highest BCUT2D eigenvalue weighted by molar-refractivity contribution is 6.03. The molecule has 1 fully saturated rings. The summed E-state index contributed by atoms with van der Waals surface area (Å²) in [5, 5.41) is 2.78. The number of ether oxygens (including phenoxy) is 3. The molecule has 44 heavy (non-hydrogen) atoms. The molecule has 0 unspecified atom stereocenters. The van der Waals surface area contributed by atoms with Gasteiger partial charge in [-0.2, -0.15) is 0 Å². The van der Waals surface area contributed by atoms with Crippen LogP contribution in [0.25, 0.3) is 0 Å². The number of imide groups is 1. The second-order valence-electron chi connectivity index (χ2n) is 10.2. The third-order valence-electron chi connectivity index (χ3n) is 7.60. The van der Waals surface area contributed by atoms with Crippen molar-refractivity contribution in [1.29, 1.82) is 0 Å². The van der Waals surface area contributed by atoms with Crippen molar-refractivity contribution in [2.75, 3.05) is 0 Å². The van der Waals surface area contributed by atoms with Gasteiger partial charge in [0.1, 0.15) is 23.5 Å². The van der Waals surface area contributed by atoms with Crippen LogP contribution in [0.5, 0.6) is 11.5 Å². The molecule has 1 aliphatic rings. The number of hydrogen-bond donors (Lipinski definition) is 1. The summed E-state index contributed by atoms with van der Waals surface area (Å²) in [6.07, 6.45) is -3.15. The first kappa shape index (κ1) is 32.1. The van der Waals surface area contributed by atoms with Crippen LogP contribution in [-0.2, 0) is 16.1 Å². The van der Waals surface area contributed by atoms with Gasteiger partial charge in [-0.05, 0) is 66.8 Å². The SMILES string of the molecule is C=CC[C@@H](NC(=O)N1C(=O)C(CC)(CC)[C@@H]1Oc1ccc(C(=O)OCc2ccccc2)cc1)c1ccc(OC(F)(F)F)cc1. The number of nitrogens with zero attached hydrogens (tertiary/aromatic N) is 1. The molecule has 3 aromatic carbocycles. The number of urea groups is 1. The van der Waals surface area contributed by atoms with E-state index in [1.807, 2.05) is 44.2 Å². The summed E-state index contributed by atoms with van der Waals surface area (Å²) < 4.78 is 53.1. The number of nitrogens with one attached hydrogen (secondary N) is 1. The molecule has 0 aliphatic carbocycles. The molecule has 0 saturated carbocycles. The highest BCUT2D eigenvalue weighted by Gasteiger charge is 2.63. The first-order valence-electron chi connectivity index (χ1n) is 14.1. The highest BCUT2D eigenvalue weighted by Crippen LogP contribution is 2.46. The van der Waals surface area contributed by atoms with Gasteiger partial charge in [0.2, 0.25) is 5.91 Å². The molecule has 0 radical (unpaired) electrons. The second-order valence-corrected chi connectivity index (χ2v) is 10.2. The smallest absolute Gasteiger partial charge is 0.469 e. The number of likely N-dealkylation sites (tertiary alicyclic amines) is 1. The summed E-state index contributed by atoms with van der Waals surface area (Å²) in [5.74, 6) is -0.975. The van der Waals surface area contributed by atoms with Crippen LogP contribution in [0, 0.1) is 5.41 Å². The Morgan fingerprint density at radius 2 is 1.59 bits per heavy atom. The lowest BCUT2D eigenvalue weighted by atomic mass is 9.72. The van der Waals surface area contributed by atoms with E-state index in [1.54, 1.807) is 30.3 Å². The van der Waals surface area contributed by atoms with E-state index in [2.05, 4.69) is 16.6 Å². The number of rotatable bonds is 12. The van der Waals surface area contributed by atoms with Crippen molar-refractivity contribution in [1.82, 2.24) is 10.2 Å². The van der Waals surface area contributed by atoms with Crippen LogP contribution < -0.4 is 14.8 Å². The molecule has 1 N–H and O–H groups in total. The Kier molecular flexibility index (Phi) is 9.97. The lowest BCUT2D eigenvalue weighted by molar-refractivity contribution is -0.274. The van der Waals surface area contributed by atoms with Gasteiger partial charge in [-0.1, -0.05) is 62.4 Å². The molecule has 4 rings (SSSR count). The average Bonchev–Trinajstić information content (AvgIpc) is 3.00. The van der Waals surface area contributed by atoms with E-state index in [0.29, 0.717) is 29.7 Å². The summed E-state index contributed by atoms with van der Waals surface area (Å²) in [7, 11) is 0. The fourth-order valence-electron chi connectivity index (χ4n) is 5.07. The van der Waals surface area contributed by atoms with Crippen LogP contribution in [0.2, 0.25) is 0 Å². The number of halogens is 3. The number of alkyl halides is 3. The minimum Gasteiger partial charge on any atom is -0.469 e. The number of benzene rings is 3. The Hall–Kier alpha value is -4.80. The van der Waals surface area contributed by atoms with Gasteiger partial charge in [0.15, 0.2) is 6.23 Å². The van der Waals surface area contributed by atoms with Crippen LogP contribution in [0.4, 0.5) is 18.0 Å². The van der Waals surface area contributed by atoms with Crippen LogP contribution in [0.1, 0.15) is 60.6 Å². The predicted molar refractivity (Wildman–Crippen MR) is 155 cm³/mol. The third kappa shape index (κ3) is 7.21. The van der Waals surface area contributed by atoms with Crippen molar-refractivity contribution in [3.63, 3.8) is 0 Å². The molecule has 1 aliphatic heterocycles. The normalized spacial score (nSPS) is 16.3. The van der Waals surface area contributed by atoms with E-state index < -0.39 is 47.7 Å². The van der Waals surface area contributed by atoms with Crippen molar-refractivity contribution in [2.24, 2.45) is 5.41 Å². The molecule has 11 heteroatoms. The molecular formula is C33H33F3N2O6. The topological polar surface area (TPSA) is 94.2 Å². The van der Waals surface area contributed by atoms with Crippen LogP contribution in [-0.4, -0.2) is 35.4 Å². The largest absolute Gasteiger partial charge is 0.573 e. The molecule has 3 aromatic rings. The monoisotopic (exact) mass is 610 g/mol. The fourth-order valence-corrected chi connectivity index (χ4v) is 5.07. The van der Waals surface area contributed by atoms with Crippen molar-refractivity contribution in [3.8, 4) is 11.5 Å². The molecule has 2 atom stereocenters. The van der Waals surface area contributed by atoms with Gasteiger partial charge in [0, 0.05) is 0 Å². The molecule has 3 amide bonds. The minimum atomic E-state index is -4.83. The quantitative estimate of drug-likeness (QED) is 0.131. The number of carbonyl (C=O) groups excluding carboxylic acids is 3. The zero-order chi connectivity index (χ0) is 31.9. The summed E-state index contributed by atoms with van der Waals surface area (Å²) >= 11 is 0. The zero-order valence-corrected chi connectivity index (χ0v) is 24.3. The molecule has 0 spiro atoms. The number of carbonyl (C=O) groups is 3. The maximum Gasteiger partial charge on any atom is 0.573 e. The van der Waals surface area contributed by atoms with Gasteiger partial charge in [-0.25, -0.2) is 14.5 Å². The van der Waals surface area contributed by atoms with Crippen molar-refractivity contribution in [2.45, 2.75) is 58.3 Å². The van der Waals surface area contributed by atoms with E-state index >= 15 is 0 Å².